The average Bonchev–Trinajstić information content (AvgIpc) is 2.39. The van der Waals surface area contributed by atoms with Crippen molar-refractivity contribution in [3.05, 3.63) is 58.3 Å². The predicted octanol–water partition coefficient (Wildman–Crippen LogP) is 2.92. The molecule has 0 aliphatic heterocycles. The maximum Gasteiger partial charge on any atom is 0.253 e. The molecule has 1 heterocycles. The minimum Gasteiger partial charge on any atom is -0.398 e. The molecule has 98 valence electrons. The number of rotatable bonds is 3. The van der Waals surface area contributed by atoms with Crippen molar-refractivity contribution in [3.63, 3.8) is 0 Å². The molecule has 1 amide bonds. The third-order valence-electron chi connectivity index (χ3n) is 2.74. The molecule has 2 rings (SSSR count). The molecular weight excluding hydrogens is 306 g/mol. The van der Waals surface area contributed by atoms with E-state index in [1.54, 1.807) is 24.4 Å². The first-order chi connectivity index (χ1) is 9.08. The predicted molar refractivity (Wildman–Crippen MR) is 78.7 cm³/mol. The lowest BCUT2D eigenvalue weighted by Crippen LogP contribution is -2.27. The van der Waals surface area contributed by atoms with Crippen molar-refractivity contribution in [3.8, 4) is 0 Å². The van der Waals surface area contributed by atoms with Gasteiger partial charge in [-0.15, -0.1) is 0 Å². The maximum absolute atomic E-state index is 12.1. The quantitative estimate of drug-likeness (QED) is 0.855. The van der Waals surface area contributed by atoms with E-state index < -0.39 is 0 Å². The summed E-state index contributed by atoms with van der Waals surface area (Å²) in [6, 6.07) is 10.6. The lowest BCUT2D eigenvalue weighted by Gasteiger charge is -2.14. The van der Waals surface area contributed by atoms with Gasteiger partial charge < -0.3 is 11.1 Å². The molecule has 0 radical (unpaired) electrons. The average molecular weight is 320 g/mol. The summed E-state index contributed by atoms with van der Waals surface area (Å²) in [6.45, 7) is 1.88. The summed E-state index contributed by atoms with van der Waals surface area (Å²) in [5.41, 5.74) is 7.55. The van der Waals surface area contributed by atoms with E-state index in [1.807, 2.05) is 25.1 Å². The van der Waals surface area contributed by atoms with Gasteiger partial charge in [-0.25, -0.2) is 0 Å². The van der Waals surface area contributed by atoms with Crippen LogP contribution in [0.2, 0.25) is 0 Å². The lowest BCUT2D eigenvalue weighted by atomic mass is 10.1. The van der Waals surface area contributed by atoms with Crippen molar-refractivity contribution in [1.29, 1.82) is 0 Å². The highest BCUT2D eigenvalue weighted by molar-refractivity contribution is 9.10. The summed E-state index contributed by atoms with van der Waals surface area (Å²) in [6.07, 6.45) is 1.70. The fourth-order valence-electron chi connectivity index (χ4n) is 1.72. The Balaban J connectivity index is 2.13. The van der Waals surface area contributed by atoms with Gasteiger partial charge in [-0.1, -0.05) is 22.0 Å². The number of hydrogen-bond acceptors (Lipinski definition) is 3. The zero-order chi connectivity index (χ0) is 13.8. The Hall–Kier alpha value is -1.88. The molecule has 1 aromatic carbocycles. The van der Waals surface area contributed by atoms with E-state index >= 15 is 0 Å². The van der Waals surface area contributed by atoms with E-state index in [0.29, 0.717) is 11.3 Å². The Kier molecular flexibility index (Phi) is 4.16. The summed E-state index contributed by atoms with van der Waals surface area (Å²) >= 11 is 3.31. The van der Waals surface area contributed by atoms with Gasteiger partial charge in [-0.3, -0.25) is 9.78 Å². The number of carbonyl (C=O) groups is 1. The van der Waals surface area contributed by atoms with Crippen molar-refractivity contribution >= 4 is 27.5 Å². The van der Waals surface area contributed by atoms with Crippen LogP contribution in [0.1, 0.15) is 29.0 Å². The van der Waals surface area contributed by atoms with Crippen molar-refractivity contribution in [2.24, 2.45) is 0 Å². The molecule has 0 fully saturated rings. The van der Waals surface area contributed by atoms with Gasteiger partial charge in [0.2, 0.25) is 0 Å². The normalized spacial score (nSPS) is 11.9. The van der Waals surface area contributed by atoms with E-state index in [-0.39, 0.29) is 11.9 Å². The molecule has 2 aromatic rings. The first-order valence-electron chi connectivity index (χ1n) is 5.84. The van der Waals surface area contributed by atoms with Crippen LogP contribution in [0.3, 0.4) is 0 Å². The number of benzene rings is 1. The number of amides is 1. The smallest absolute Gasteiger partial charge is 0.253 e. The minimum atomic E-state index is -0.205. The minimum absolute atomic E-state index is 0.170. The van der Waals surface area contributed by atoms with Gasteiger partial charge >= 0.3 is 0 Å². The second-order valence-corrected chi connectivity index (χ2v) is 5.10. The molecule has 0 spiro atoms. The largest absolute Gasteiger partial charge is 0.398 e. The first-order valence-corrected chi connectivity index (χ1v) is 6.64. The molecule has 0 bridgehead atoms. The lowest BCUT2D eigenvalue weighted by molar-refractivity contribution is 0.0940. The molecule has 0 aliphatic rings. The SMILES string of the molecule is C[C@H](NC(=O)c1ccc(Br)cc1N)c1ccccn1. The van der Waals surface area contributed by atoms with Gasteiger partial charge in [0.25, 0.3) is 5.91 Å². The van der Waals surface area contributed by atoms with E-state index in [4.69, 9.17) is 5.73 Å². The van der Waals surface area contributed by atoms with Crippen LogP contribution in [0, 0.1) is 0 Å². The highest BCUT2D eigenvalue weighted by atomic mass is 79.9. The summed E-state index contributed by atoms with van der Waals surface area (Å²) in [5.74, 6) is -0.205. The molecule has 3 N–H and O–H groups in total. The summed E-state index contributed by atoms with van der Waals surface area (Å²) in [4.78, 5) is 16.3. The second-order valence-electron chi connectivity index (χ2n) is 4.18. The van der Waals surface area contributed by atoms with Crippen LogP contribution in [-0.2, 0) is 0 Å². The summed E-state index contributed by atoms with van der Waals surface area (Å²) < 4.78 is 0.847. The number of pyridine rings is 1. The Labute approximate surface area is 120 Å². The van der Waals surface area contributed by atoms with Gasteiger partial charge in [0, 0.05) is 16.4 Å². The fourth-order valence-corrected chi connectivity index (χ4v) is 2.10. The number of halogens is 1. The van der Waals surface area contributed by atoms with Gasteiger partial charge in [-0.05, 0) is 37.3 Å². The van der Waals surface area contributed by atoms with Crippen LogP contribution in [0.15, 0.2) is 47.1 Å². The fraction of sp³-hybridized carbons (Fsp3) is 0.143. The Morgan fingerprint density at radius 1 is 1.37 bits per heavy atom. The third kappa shape index (κ3) is 3.32. The number of carbonyl (C=O) groups excluding carboxylic acids is 1. The molecule has 1 atom stereocenters. The summed E-state index contributed by atoms with van der Waals surface area (Å²) in [7, 11) is 0. The van der Waals surface area contributed by atoms with Crippen LogP contribution in [0.25, 0.3) is 0 Å². The van der Waals surface area contributed by atoms with Gasteiger partial charge in [0.1, 0.15) is 0 Å². The molecule has 0 aliphatic carbocycles. The zero-order valence-corrected chi connectivity index (χ0v) is 12.0. The van der Waals surface area contributed by atoms with Crippen LogP contribution >= 0.6 is 15.9 Å². The van der Waals surface area contributed by atoms with Crippen LogP contribution in [-0.4, -0.2) is 10.9 Å². The number of nitrogen functional groups attached to an aromatic ring is 1. The Morgan fingerprint density at radius 2 is 2.16 bits per heavy atom. The molecule has 0 saturated heterocycles. The van der Waals surface area contributed by atoms with Crippen molar-refractivity contribution < 1.29 is 4.79 Å². The van der Waals surface area contributed by atoms with E-state index in [0.717, 1.165) is 10.2 Å². The van der Waals surface area contributed by atoms with Crippen molar-refractivity contribution in [2.75, 3.05) is 5.73 Å². The number of aromatic nitrogens is 1. The van der Waals surface area contributed by atoms with E-state index in [2.05, 4.69) is 26.2 Å². The number of anilines is 1. The topological polar surface area (TPSA) is 68.0 Å². The van der Waals surface area contributed by atoms with Crippen LogP contribution in [0.4, 0.5) is 5.69 Å². The highest BCUT2D eigenvalue weighted by Crippen LogP contribution is 2.19. The number of nitrogens with zero attached hydrogens (tertiary/aromatic N) is 1. The van der Waals surface area contributed by atoms with Crippen molar-refractivity contribution in [1.82, 2.24) is 10.3 Å². The molecular formula is C14H14BrN3O. The van der Waals surface area contributed by atoms with Crippen molar-refractivity contribution in [2.45, 2.75) is 13.0 Å². The molecule has 19 heavy (non-hydrogen) atoms. The molecule has 0 saturated carbocycles. The van der Waals surface area contributed by atoms with Gasteiger partial charge in [0.05, 0.1) is 17.3 Å². The van der Waals surface area contributed by atoms with E-state index in [1.165, 1.54) is 0 Å². The van der Waals surface area contributed by atoms with Gasteiger partial charge in [0.15, 0.2) is 0 Å². The molecule has 0 unspecified atom stereocenters. The number of nitrogens with one attached hydrogen (secondary N) is 1. The second kappa shape index (κ2) is 5.84. The standard InChI is InChI=1S/C14H14BrN3O/c1-9(13-4-2-3-7-17-13)18-14(19)11-6-5-10(15)8-12(11)16/h2-9H,16H2,1H3,(H,18,19)/t9-/m0/s1. The van der Waals surface area contributed by atoms with E-state index in [9.17, 15) is 4.79 Å². The molecule has 1 aromatic heterocycles. The monoisotopic (exact) mass is 319 g/mol. The van der Waals surface area contributed by atoms with Crippen LogP contribution < -0.4 is 11.1 Å². The first kappa shape index (κ1) is 13.5. The summed E-state index contributed by atoms with van der Waals surface area (Å²) in [5, 5.41) is 2.88. The molecule has 4 nitrogen and oxygen atoms in total. The maximum atomic E-state index is 12.1. The number of nitrogens with two attached hydrogens (primary N) is 1. The Bertz CT molecular complexity index is 586. The van der Waals surface area contributed by atoms with Crippen LogP contribution in [0.5, 0.6) is 0 Å². The Morgan fingerprint density at radius 3 is 2.79 bits per heavy atom. The number of hydrogen-bond donors (Lipinski definition) is 2. The highest BCUT2D eigenvalue weighted by Gasteiger charge is 2.14. The van der Waals surface area contributed by atoms with Gasteiger partial charge in [-0.2, -0.15) is 0 Å². The zero-order valence-electron chi connectivity index (χ0n) is 10.4. The molecule has 5 heteroatoms. The third-order valence-corrected chi connectivity index (χ3v) is 3.23.